The number of rotatable bonds is 5. The van der Waals surface area contributed by atoms with E-state index in [2.05, 4.69) is 19.6 Å². The summed E-state index contributed by atoms with van der Waals surface area (Å²) in [5, 5.41) is 8.55. The number of nitrogens with two attached hydrogens (primary N) is 1. The molecule has 0 rings (SSSR count). The van der Waals surface area contributed by atoms with Crippen molar-refractivity contribution >= 4 is 30.3 Å². The van der Waals surface area contributed by atoms with E-state index in [1.54, 1.807) is 6.07 Å². The monoisotopic (exact) mass is 216 g/mol. The highest BCUT2D eigenvalue weighted by atomic mass is 32.2. The Labute approximate surface area is 87.8 Å². The van der Waals surface area contributed by atoms with Gasteiger partial charge in [-0.1, -0.05) is 13.3 Å². The maximum Gasteiger partial charge on any atom is 0.261 e. The van der Waals surface area contributed by atoms with E-state index in [-0.39, 0.29) is 5.57 Å². The van der Waals surface area contributed by atoms with Crippen LogP contribution in [0.3, 0.4) is 0 Å². The first-order chi connectivity index (χ1) is 6.13. The van der Waals surface area contributed by atoms with Crippen molar-refractivity contribution in [1.29, 1.82) is 5.26 Å². The molecule has 0 aromatic carbocycles. The number of hydrogen-bond donors (Lipinski definition) is 2. The molecule has 0 radical (unpaired) electrons. The van der Waals surface area contributed by atoms with Gasteiger partial charge in [0.25, 0.3) is 5.91 Å². The van der Waals surface area contributed by atoms with Crippen LogP contribution < -0.4 is 5.73 Å². The van der Waals surface area contributed by atoms with E-state index in [0.29, 0.717) is 4.24 Å². The number of nitriles is 1. The fourth-order valence-electron chi connectivity index (χ4n) is 0.594. The van der Waals surface area contributed by atoms with Gasteiger partial charge in [-0.05, 0) is 12.2 Å². The van der Waals surface area contributed by atoms with Gasteiger partial charge in [0.1, 0.15) is 11.6 Å². The van der Waals surface area contributed by atoms with Gasteiger partial charge in [-0.15, -0.1) is 24.4 Å². The quantitative estimate of drug-likeness (QED) is 0.318. The van der Waals surface area contributed by atoms with Gasteiger partial charge in [0.15, 0.2) is 0 Å². The van der Waals surface area contributed by atoms with E-state index in [9.17, 15) is 4.79 Å². The summed E-state index contributed by atoms with van der Waals surface area (Å²) < 4.78 is 0.420. The second-order valence-electron chi connectivity index (χ2n) is 2.36. The largest absolute Gasteiger partial charge is 0.365 e. The molecule has 0 aliphatic heterocycles. The van der Waals surface area contributed by atoms with E-state index in [4.69, 9.17) is 11.0 Å². The molecule has 0 aromatic heterocycles. The minimum Gasteiger partial charge on any atom is -0.365 e. The van der Waals surface area contributed by atoms with Gasteiger partial charge in [-0.3, -0.25) is 4.79 Å². The van der Waals surface area contributed by atoms with Gasteiger partial charge in [-0.25, -0.2) is 0 Å². The number of primary amides is 1. The average molecular weight is 216 g/mol. The predicted molar refractivity (Wildman–Crippen MR) is 58.2 cm³/mol. The summed E-state index contributed by atoms with van der Waals surface area (Å²) in [6, 6.07) is 1.74. The van der Waals surface area contributed by atoms with E-state index < -0.39 is 5.91 Å². The van der Waals surface area contributed by atoms with Crippen LogP contribution in [0.2, 0.25) is 0 Å². The summed E-state index contributed by atoms with van der Waals surface area (Å²) in [6.45, 7) is 2.07. The highest BCUT2D eigenvalue weighted by Gasteiger charge is 2.08. The van der Waals surface area contributed by atoms with E-state index in [1.165, 1.54) is 11.8 Å². The van der Waals surface area contributed by atoms with Crippen LogP contribution in [-0.2, 0) is 4.79 Å². The zero-order valence-corrected chi connectivity index (χ0v) is 9.12. The van der Waals surface area contributed by atoms with Gasteiger partial charge in [0.05, 0.1) is 4.24 Å². The minimum absolute atomic E-state index is 0.0514. The summed E-state index contributed by atoms with van der Waals surface area (Å²) in [5.41, 5.74) is 4.92. The minimum atomic E-state index is -0.712. The number of amides is 1. The lowest BCUT2D eigenvalue weighted by Gasteiger charge is -2.00. The first kappa shape index (κ1) is 12.4. The van der Waals surface area contributed by atoms with Crippen LogP contribution >= 0.6 is 24.4 Å². The van der Waals surface area contributed by atoms with Gasteiger partial charge in [-0.2, -0.15) is 5.26 Å². The fourth-order valence-corrected chi connectivity index (χ4v) is 1.94. The van der Waals surface area contributed by atoms with Crippen molar-refractivity contribution in [1.82, 2.24) is 0 Å². The molecule has 72 valence electrons. The Kier molecular flexibility index (Phi) is 6.55. The van der Waals surface area contributed by atoms with E-state index >= 15 is 0 Å². The van der Waals surface area contributed by atoms with Crippen molar-refractivity contribution in [3.8, 4) is 6.07 Å². The second kappa shape index (κ2) is 6.87. The standard InChI is InChI=1S/C8H12N2OS2/c1-2-3-4-13-8(12)6(5-9)7(10)11/h12H,2-4H2,1H3,(H2,10,11)/b8-6+. The highest BCUT2D eigenvalue weighted by molar-refractivity contribution is 8.15. The van der Waals surface area contributed by atoms with Crippen molar-refractivity contribution in [3.63, 3.8) is 0 Å². The number of hydrogen-bond acceptors (Lipinski definition) is 4. The Hall–Kier alpha value is -0.600. The topological polar surface area (TPSA) is 66.9 Å². The summed E-state index contributed by atoms with van der Waals surface area (Å²) >= 11 is 5.42. The molecule has 0 saturated carbocycles. The molecule has 0 heterocycles. The summed E-state index contributed by atoms with van der Waals surface area (Å²) in [7, 11) is 0. The third kappa shape index (κ3) is 4.86. The summed E-state index contributed by atoms with van der Waals surface area (Å²) in [5.74, 6) is 0.143. The van der Waals surface area contributed by atoms with Crippen LogP contribution in [0.5, 0.6) is 0 Å². The van der Waals surface area contributed by atoms with Gasteiger partial charge in [0, 0.05) is 0 Å². The second-order valence-corrected chi connectivity index (χ2v) is 4.21. The van der Waals surface area contributed by atoms with Crippen molar-refractivity contribution in [2.75, 3.05) is 5.75 Å². The molecule has 0 aliphatic carbocycles. The molecular formula is C8H12N2OS2. The Morgan fingerprint density at radius 2 is 2.31 bits per heavy atom. The molecule has 0 spiro atoms. The third-order valence-electron chi connectivity index (χ3n) is 1.31. The van der Waals surface area contributed by atoms with E-state index in [0.717, 1.165) is 18.6 Å². The predicted octanol–water partition coefficient (Wildman–Crippen LogP) is 1.67. The molecule has 5 heteroatoms. The maximum absolute atomic E-state index is 10.7. The van der Waals surface area contributed by atoms with Crippen molar-refractivity contribution in [2.24, 2.45) is 5.73 Å². The molecule has 13 heavy (non-hydrogen) atoms. The number of carbonyl (C=O) groups is 1. The van der Waals surface area contributed by atoms with Crippen molar-refractivity contribution < 1.29 is 4.79 Å². The van der Waals surface area contributed by atoms with Crippen LogP contribution in [-0.4, -0.2) is 11.7 Å². The van der Waals surface area contributed by atoms with Crippen LogP contribution in [0.1, 0.15) is 19.8 Å². The van der Waals surface area contributed by atoms with Crippen LogP contribution in [0, 0.1) is 11.3 Å². The number of unbranched alkanes of at least 4 members (excludes halogenated alkanes) is 1. The van der Waals surface area contributed by atoms with Crippen molar-refractivity contribution in [2.45, 2.75) is 19.8 Å². The smallest absolute Gasteiger partial charge is 0.261 e. The Morgan fingerprint density at radius 3 is 2.69 bits per heavy atom. The van der Waals surface area contributed by atoms with Gasteiger partial charge in [0.2, 0.25) is 0 Å². The average Bonchev–Trinajstić information content (AvgIpc) is 2.05. The van der Waals surface area contributed by atoms with Gasteiger partial charge >= 0.3 is 0 Å². The molecule has 1 amide bonds. The molecule has 0 unspecified atom stereocenters. The molecule has 0 aromatic rings. The van der Waals surface area contributed by atoms with Gasteiger partial charge < -0.3 is 5.73 Å². The first-order valence-electron chi connectivity index (χ1n) is 3.89. The maximum atomic E-state index is 10.7. The summed E-state index contributed by atoms with van der Waals surface area (Å²) in [6.07, 6.45) is 2.11. The lowest BCUT2D eigenvalue weighted by atomic mass is 10.3. The normalized spacial score (nSPS) is 11.8. The number of nitrogens with zero attached hydrogens (tertiary/aromatic N) is 1. The van der Waals surface area contributed by atoms with Crippen LogP contribution in [0.15, 0.2) is 9.81 Å². The summed E-state index contributed by atoms with van der Waals surface area (Å²) in [4.78, 5) is 10.7. The number of carbonyl (C=O) groups excluding carboxylic acids is 1. The van der Waals surface area contributed by atoms with Crippen molar-refractivity contribution in [3.05, 3.63) is 9.81 Å². The molecule has 0 atom stereocenters. The molecule has 2 N–H and O–H groups in total. The molecule has 0 bridgehead atoms. The Morgan fingerprint density at radius 1 is 1.69 bits per heavy atom. The molecule has 3 nitrogen and oxygen atoms in total. The zero-order chi connectivity index (χ0) is 10.3. The Balaban J connectivity index is 4.25. The van der Waals surface area contributed by atoms with E-state index in [1.807, 2.05) is 0 Å². The number of thiol groups is 1. The molecule has 0 aliphatic rings. The fraction of sp³-hybridized carbons (Fsp3) is 0.500. The molecule has 0 fully saturated rings. The molecule has 0 saturated heterocycles. The van der Waals surface area contributed by atoms with Crippen LogP contribution in [0.4, 0.5) is 0 Å². The lowest BCUT2D eigenvalue weighted by Crippen LogP contribution is -2.13. The highest BCUT2D eigenvalue weighted by Crippen LogP contribution is 2.24. The number of thioether (sulfide) groups is 1. The zero-order valence-electron chi connectivity index (χ0n) is 7.41. The Bertz CT molecular complexity index is 255. The first-order valence-corrected chi connectivity index (χ1v) is 5.32. The molecular weight excluding hydrogens is 204 g/mol. The lowest BCUT2D eigenvalue weighted by molar-refractivity contribution is -0.114. The third-order valence-corrected chi connectivity index (χ3v) is 2.89. The SMILES string of the molecule is CCCCS/C(S)=C(\C#N)C(N)=O. The van der Waals surface area contributed by atoms with Crippen LogP contribution in [0.25, 0.3) is 0 Å².